The van der Waals surface area contributed by atoms with Crippen LogP contribution in [0.1, 0.15) is 22.3 Å². The number of rotatable bonds is 3. The van der Waals surface area contributed by atoms with Crippen LogP contribution in [0.25, 0.3) is 83.3 Å². The molecule has 0 amide bonds. The van der Waals surface area contributed by atoms with Crippen LogP contribution in [0.15, 0.2) is 202 Å². The van der Waals surface area contributed by atoms with Crippen LogP contribution in [0.4, 0.5) is 0 Å². The summed E-state index contributed by atoms with van der Waals surface area (Å²) >= 11 is 1.88. The first-order valence-electron chi connectivity index (χ1n) is 19.7. The van der Waals surface area contributed by atoms with Crippen molar-refractivity contribution in [3.05, 3.63) is 210 Å². The van der Waals surface area contributed by atoms with Crippen molar-refractivity contribution in [2.24, 2.45) is 0 Å². The SMILES string of the molecule is c1ccc(-c2ccc(-c3nc(-n4c5ccccc5c5c6c(ccc54)C4(c5ccccc5S6)c5ccccc5-c5ccccc54)nc4c3oc3ccccc34)cc2)cc1. The molecule has 0 saturated carbocycles. The molecule has 0 atom stereocenters. The first-order chi connectivity index (χ1) is 28.8. The molecule has 0 radical (unpaired) electrons. The molecule has 4 nitrogen and oxygen atoms in total. The number of fused-ring (bicyclic) bond motifs is 16. The molecule has 0 bridgehead atoms. The Morgan fingerprint density at radius 2 is 1.09 bits per heavy atom. The molecule has 13 rings (SSSR count). The van der Waals surface area contributed by atoms with Crippen LogP contribution in [0.5, 0.6) is 0 Å². The lowest BCUT2D eigenvalue weighted by molar-refractivity contribution is 0.666. The molecule has 2 aliphatic rings. The summed E-state index contributed by atoms with van der Waals surface area (Å²) < 4.78 is 8.84. The van der Waals surface area contributed by atoms with Gasteiger partial charge in [-0.25, -0.2) is 9.97 Å². The molecule has 5 heteroatoms. The summed E-state index contributed by atoms with van der Waals surface area (Å²) in [7, 11) is 0. The highest BCUT2D eigenvalue weighted by molar-refractivity contribution is 7.99. The summed E-state index contributed by atoms with van der Waals surface area (Å²) in [5.74, 6) is 0.611. The van der Waals surface area contributed by atoms with Crippen LogP contribution in [0, 0.1) is 0 Å². The van der Waals surface area contributed by atoms with Crippen LogP contribution in [0.2, 0.25) is 0 Å². The Morgan fingerprint density at radius 3 is 1.88 bits per heavy atom. The fraction of sp³-hybridized carbons (Fsp3) is 0.0189. The molecule has 270 valence electrons. The number of benzene rings is 8. The minimum Gasteiger partial charge on any atom is -0.452 e. The zero-order chi connectivity index (χ0) is 38.0. The van der Waals surface area contributed by atoms with Gasteiger partial charge in [0.15, 0.2) is 5.58 Å². The summed E-state index contributed by atoms with van der Waals surface area (Å²) in [4.78, 5) is 13.4. The van der Waals surface area contributed by atoms with Crippen LogP contribution < -0.4 is 0 Å². The van der Waals surface area contributed by atoms with Crippen molar-refractivity contribution in [2.75, 3.05) is 0 Å². The maximum atomic E-state index is 6.58. The maximum Gasteiger partial charge on any atom is 0.236 e. The number of hydrogen-bond acceptors (Lipinski definition) is 4. The third kappa shape index (κ3) is 4.20. The van der Waals surface area contributed by atoms with E-state index in [-0.39, 0.29) is 0 Å². The second-order valence-electron chi connectivity index (χ2n) is 15.2. The van der Waals surface area contributed by atoms with Gasteiger partial charge in [-0.3, -0.25) is 4.57 Å². The van der Waals surface area contributed by atoms with E-state index in [9.17, 15) is 0 Å². The summed E-state index contributed by atoms with van der Waals surface area (Å²) in [5, 5.41) is 3.35. The van der Waals surface area contributed by atoms with E-state index in [1.807, 2.05) is 36.0 Å². The van der Waals surface area contributed by atoms with Crippen molar-refractivity contribution in [3.63, 3.8) is 0 Å². The van der Waals surface area contributed by atoms with Gasteiger partial charge < -0.3 is 4.42 Å². The standard InChI is InChI=1S/C53H31N3OS/c1-2-14-32(15-3-1)33-26-28-34(29-27-33)48-50-49(38-19-7-12-24-45(38)57-50)55-52(54-48)56-43-23-11-6-18-37(43)47-44(56)31-30-42-51(47)58-46-25-13-10-22-41(46)53(42)39-20-8-4-16-35(39)36-17-5-9-21-40(36)53/h1-31H. The zero-order valence-electron chi connectivity index (χ0n) is 31.1. The molecule has 11 aromatic rings. The quantitative estimate of drug-likeness (QED) is 0.180. The molecule has 4 heterocycles. The fourth-order valence-electron chi connectivity index (χ4n) is 9.91. The maximum absolute atomic E-state index is 6.58. The first-order valence-corrected chi connectivity index (χ1v) is 20.5. The molecule has 0 saturated heterocycles. The second-order valence-corrected chi connectivity index (χ2v) is 16.3. The topological polar surface area (TPSA) is 43.9 Å². The average molecular weight is 758 g/mol. The molecular weight excluding hydrogens is 727 g/mol. The van der Waals surface area contributed by atoms with Gasteiger partial charge in [-0.2, -0.15) is 0 Å². The Bertz CT molecular complexity index is 3440. The third-order valence-electron chi connectivity index (χ3n) is 12.3. The van der Waals surface area contributed by atoms with E-state index in [4.69, 9.17) is 14.4 Å². The lowest BCUT2D eigenvalue weighted by Gasteiger charge is -2.40. The normalized spacial score (nSPS) is 13.6. The van der Waals surface area contributed by atoms with Crippen molar-refractivity contribution in [3.8, 4) is 39.5 Å². The van der Waals surface area contributed by atoms with Crippen molar-refractivity contribution >= 4 is 55.6 Å². The highest BCUT2D eigenvalue weighted by Gasteiger charge is 2.50. The summed E-state index contributed by atoms with van der Waals surface area (Å²) in [6, 6.07) is 67.6. The fourth-order valence-corrected chi connectivity index (χ4v) is 11.3. The highest BCUT2D eigenvalue weighted by Crippen LogP contribution is 2.63. The van der Waals surface area contributed by atoms with Crippen LogP contribution in [-0.2, 0) is 5.41 Å². The molecule has 8 aromatic carbocycles. The molecular formula is C53H31N3OS. The molecule has 0 fully saturated rings. The Hall–Kier alpha value is -7.21. The van der Waals surface area contributed by atoms with Crippen LogP contribution >= 0.6 is 11.8 Å². The molecule has 1 aliphatic heterocycles. The summed E-state index contributed by atoms with van der Waals surface area (Å²) in [6.45, 7) is 0. The smallest absolute Gasteiger partial charge is 0.236 e. The van der Waals surface area contributed by atoms with Gasteiger partial charge in [0.1, 0.15) is 16.8 Å². The van der Waals surface area contributed by atoms with Crippen molar-refractivity contribution in [1.82, 2.24) is 14.5 Å². The van der Waals surface area contributed by atoms with Gasteiger partial charge in [0.2, 0.25) is 5.95 Å². The lowest BCUT2D eigenvalue weighted by Crippen LogP contribution is -2.32. The largest absolute Gasteiger partial charge is 0.452 e. The van der Waals surface area contributed by atoms with E-state index in [1.54, 1.807) is 0 Å². The van der Waals surface area contributed by atoms with E-state index in [1.165, 1.54) is 59.5 Å². The summed E-state index contributed by atoms with van der Waals surface area (Å²) in [6.07, 6.45) is 0. The van der Waals surface area contributed by atoms with Gasteiger partial charge in [0, 0.05) is 31.5 Å². The molecule has 0 N–H and O–H groups in total. The van der Waals surface area contributed by atoms with Crippen molar-refractivity contribution < 1.29 is 4.42 Å². The number of furan rings is 1. The van der Waals surface area contributed by atoms with Crippen LogP contribution in [0.3, 0.4) is 0 Å². The molecule has 0 unspecified atom stereocenters. The van der Waals surface area contributed by atoms with E-state index < -0.39 is 5.41 Å². The Kier molecular flexibility index (Phi) is 6.55. The number of hydrogen-bond donors (Lipinski definition) is 0. The van der Waals surface area contributed by atoms with E-state index in [0.717, 1.165) is 44.3 Å². The zero-order valence-corrected chi connectivity index (χ0v) is 31.9. The Labute approximate surface area is 338 Å². The van der Waals surface area contributed by atoms with E-state index in [0.29, 0.717) is 11.5 Å². The molecule has 1 aliphatic carbocycles. The molecule has 58 heavy (non-hydrogen) atoms. The monoisotopic (exact) mass is 757 g/mol. The van der Waals surface area contributed by atoms with Gasteiger partial charge in [0.05, 0.1) is 16.4 Å². The minimum atomic E-state index is -0.466. The average Bonchev–Trinajstić information content (AvgIpc) is 3.94. The van der Waals surface area contributed by atoms with Crippen LogP contribution in [-0.4, -0.2) is 14.5 Å². The third-order valence-corrected chi connectivity index (χ3v) is 13.5. The van der Waals surface area contributed by atoms with Gasteiger partial charge in [-0.1, -0.05) is 169 Å². The molecule has 1 spiro atoms. The highest BCUT2D eigenvalue weighted by atomic mass is 32.2. The molecule has 3 aromatic heterocycles. The lowest BCUT2D eigenvalue weighted by atomic mass is 9.67. The first kappa shape index (κ1) is 31.9. The van der Waals surface area contributed by atoms with E-state index in [2.05, 4.69) is 168 Å². The second kappa shape index (κ2) is 11.9. The Balaban J connectivity index is 1.11. The predicted octanol–water partition coefficient (Wildman–Crippen LogP) is 13.6. The van der Waals surface area contributed by atoms with Gasteiger partial charge in [-0.05, 0) is 74.8 Å². The number of para-hydroxylation sites is 2. The van der Waals surface area contributed by atoms with Gasteiger partial charge in [-0.15, -0.1) is 0 Å². The Morgan fingerprint density at radius 1 is 0.466 bits per heavy atom. The summed E-state index contributed by atoms with van der Waals surface area (Å²) in [5.41, 5.74) is 15.9. The number of nitrogens with zero attached hydrogens (tertiary/aromatic N) is 3. The number of aromatic nitrogens is 3. The van der Waals surface area contributed by atoms with Crippen molar-refractivity contribution in [2.45, 2.75) is 15.2 Å². The minimum absolute atomic E-state index is 0.466. The van der Waals surface area contributed by atoms with Gasteiger partial charge >= 0.3 is 0 Å². The van der Waals surface area contributed by atoms with Crippen molar-refractivity contribution in [1.29, 1.82) is 0 Å². The predicted molar refractivity (Wildman–Crippen MR) is 236 cm³/mol. The van der Waals surface area contributed by atoms with Gasteiger partial charge in [0.25, 0.3) is 0 Å². The van der Waals surface area contributed by atoms with E-state index >= 15 is 0 Å².